The predicted octanol–water partition coefficient (Wildman–Crippen LogP) is 6.57. The molecule has 0 saturated carbocycles. The fourth-order valence-electron chi connectivity index (χ4n) is 8.10. The SMILES string of the molecule is C=C1C[C@H]2[C@H](O)N(C(=O)OC[C@@H](C)SSc3ncccc3[N+](=O)[O-])c3cc(OCCCOc4cc5c(cc4OC)C(=O)N4CC(=C)C[C@H]4[C@H](O)N5C(=O)OC(C)(C)C)c(OC)cc3C(=O)N2C1. The van der Waals surface area contributed by atoms with E-state index >= 15 is 0 Å². The molecular weight excluding hydrogens is 913 g/mol. The van der Waals surface area contributed by atoms with Gasteiger partial charge in [-0.3, -0.25) is 19.7 Å². The number of methoxy groups -OCH3 is 2. The zero-order valence-corrected chi connectivity index (χ0v) is 39.4. The van der Waals surface area contributed by atoms with E-state index in [0.29, 0.717) is 5.57 Å². The van der Waals surface area contributed by atoms with Gasteiger partial charge in [0, 0.05) is 49.2 Å². The number of pyridine rings is 1. The van der Waals surface area contributed by atoms with E-state index in [1.54, 1.807) is 27.7 Å². The number of aromatic nitrogens is 1. The van der Waals surface area contributed by atoms with Crippen molar-refractivity contribution in [2.24, 2.45) is 0 Å². The number of benzene rings is 2. The number of fused-ring (bicyclic) bond motifs is 4. The molecule has 2 saturated heterocycles. The van der Waals surface area contributed by atoms with Crippen LogP contribution < -0.4 is 28.7 Å². The molecule has 358 valence electrons. The van der Waals surface area contributed by atoms with E-state index in [-0.39, 0.29) is 114 Å². The fourth-order valence-corrected chi connectivity index (χ4v) is 10.1. The van der Waals surface area contributed by atoms with E-state index in [4.69, 9.17) is 28.4 Å². The van der Waals surface area contributed by atoms with Crippen LogP contribution in [0.5, 0.6) is 23.0 Å². The Bertz CT molecular complexity index is 2480. The Hall–Kier alpha value is -6.23. The minimum absolute atomic E-state index is 0.0131. The van der Waals surface area contributed by atoms with Crippen molar-refractivity contribution in [2.45, 2.75) is 87.4 Å². The van der Waals surface area contributed by atoms with Crippen LogP contribution in [0.25, 0.3) is 0 Å². The van der Waals surface area contributed by atoms with Crippen LogP contribution in [0.15, 0.2) is 71.9 Å². The monoisotopic (exact) mass is 964 g/mol. The van der Waals surface area contributed by atoms with Crippen molar-refractivity contribution in [3.8, 4) is 23.0 Å². The fraction of sp³-hybridized carbons (Fsp3) is 0.444. The van der Waals surface area contributed by atoms with Gasteiger partial charge in [-0.2, -0.15) is 0 Å². The van der Waals surface area contributed by atoms with Gasteiger partial charge in [-0.1, -0.05) is 35.1 Å². The van der Waals surface area contributed by atoms with E-state index in [1.807, 2.05) is 0 Å². The van der Waals surface area contributed by atoms with Gasteiger partial charge >= 0.3 is 17.9 Å². The summed E-state index contributed by atoms with van der Waals surface area (Å²) in [5.41, 5.74) is 0.565. The minimum Gasteiger partial charge on any atom is -0.493 e. The first kappa shape index (κ1) is 48.7. The molecule has 5 atom stereocenters. The Morgan fingerprint density at radius 1 is 0.866 bits per heavy atom. The highest BCUT2D eigenvalue weighted by Crippen LogP contribution is 2.45. The van der Waals surface area contributed by atoms with Crippen molar-refractivity contribution in [3.05, 3.63) is 88.1 Å². The average molecular weight is 965 g/mol. The van der Waals surface area contributed by atoms with E-state index in [9.17, 15) is 39.5 Å². The van der Waals surface area contributed by atoms with E-state index < -0.39 is 59.1 Å². The molecular formula is C45H52N6O14S2. The van der Waals surface area contributed by atoms with Gasteiger partial charge in [-0.25, -0.2) is 24.4 Å². The van der Waals surface area contributed by atoms with Crippen LogP contribution >= 0.6 is 21.6 Å². The van der Waals surface area contributed by atoms with Crippen LogP contribution in [0.3, 0.4) is 0 Å². The number of hydrogen-bond donors (Lipinski definition) is 2. The number of ether oxygens (including phenoxy) is 6. The van der Waals surface area contributed by atoms with Gasteiger partial charge in [-0.05, 0) is 69.5 Å². The zero-order valence-electron chi connectivity index (χ0n) is 37.8. The van der Waals surface area contributed by atoms with Crippen molar-refractivity contribution in [3.63, 3.8) is 0 Å². The number of aliphatic hydroxyl groups excluding tert-OH is 2. The third-order valence-corrected chi connectivity index (χ3v) is 13.9. The maximum atomic E-state index is 14.1. The lowest BCUT2D eigenvalue weighted by atomic mass is 10.1. The lowest BCUT2D eigenvalue weighted by Crippen LogP contribution is -2.51. The third kappa shape index (κ3) is 10.2. The quantitative estimate of drug-likeness (QED) is 0.0571. The molecule has 67 heavy (non-hydrogen) atoms. The van der Waals surface area contributed by atoms with Gasteiger partial charge in [0.2, 0.25) is 0 Å². The van der Waals surface area contributed by atoms with Crippen LogP contribution in [0, 0.1) is 10.1 Å². The van der Waals surface area contributed by atoms with Crippen molar-refractivity contribution in [1.82, 2.24) is 14.8 Å². The second-order valence-corrected chi connectivity index (χ2v) is 19.8. The Balaban J connectivity index is 1.08. The summed E-state index contributed by atoms with van der Waals surface area (Å²) in [4.78, 5) is 75.7. The largest absolute Gasteiger partial charge is 0.493 e. The molecule has 20 nitrogen and oxygen atoms in total. The normalized spacial score (nSPS) is 20.5. The molecule has 3 aromatic rings. The maximum absolute atomic E-state index is 14.1. The van der Waals surface area contributed by atoms with Crippen LogP contribution in [-0.2, 0) is 9.47 Å². The standard InChI is InChI=1S/C45H52N6O14S2/c1-24-15-32-41(54)49(43(56)64-23-26(3)66-67-38-29(51(58)59)11-9-12-46-38)30-19-36(34(60-7)17-27(30)39(52)47(32)21-24)62-13-10-14-63-37-20-31-28(18-35(37)61-8)40(53)48-22-25(2)16-33(48)42(55)50(31)44(57)65-45(4,5)6/h9,11-12,17-20,26,32-33,41-42,54-55H,1-2,10,13-16,21-23H2,3-8H3/t26-,32+,33+,41+,42+/m1/s1. The first-order valence-electron chi connectivity index (χ1n) is 21.2. The molecule has 4 aliphatic rings. The van der Waals surface area contributed by atoms with Crippen LogP contribution in [0.2, 0.25) is 0 Å². The molecule has 4 amide bonds. The van der Waals surface area contributed by atoms with Gasteiger partial charge in [0.05, 0.1) is 66.9 Å². The first-order valence-corrected chi connectivity index (χ1v) is 23.4. The van der Waals surface area contributed by atoms with E-state index in [2.05, 4.69) is 18.1 Å². The van der Waals surface area contributed by atoms with Crippen LogP contribution in [0.1, 0.15) is 67.7 Å². The molecule has 22 heteroatoms. The Morgan fingerprint density at radius 2 is 1.37 bits per heavy atom. The van der Waals surface area contributed by atoms with Gasteiger partial charge in [0.15, 0.2) is 40.5 Å². The molecule has 1 aromatic heterocycles. The Labute approximate surface area is 394 Å². The molecule has 2 fully saturated rings. The number of nitrogens with zero attached hydrogens (tertiary/aromatic N) is 6. The topological polar surface area (TPSA) is 233 Å². The zero-order chi connectivity index (χ0) is 48.5. The molecule has 2 N–H and O–H groups in total. The lowest BCUT2D eigenvalue weighted by molar-refractivity contribution is -0.388. The Kier molecular flexibility index (Phi) is 14.5. The van der Waals surface area contributed by atoms with Crippen LogP contribution in [-0.4, -0.2) is 136 Å². The van der Waals surface area contributed by atoms with Gasteiger partial charge in [0.25, 0.3) is 11.8 Å². The minimum atomic E-state index is -1.55. The number of amides is 4. The highest BCUT2D eigenvalue weighted by Gasteiger charge is 2.48. The summed E-state index contributed by atoms with van der Waals surface area (Å²) in [5.74, 6) is -0.239. The number of aliphatic hydroxyl groups is 2. The molecule has 5 heterocycles. The molecule has 4 aliphatic heterocycles. The highest BCUT2D eigenvalue weighted by atomic mass is 33.1. The summed E-state index contributed by atoms with van der Waals surface area (Å²) < 4.78 is 35.0. The number of hydrogen-bond acceptors (Lipinski definition) is 17. The molecule has 0 unspecified atom stereocenters. The Morgan fingerprint density at radius 3 is 1.85 bits per heavy atom. The summed E-state index contributed by atoms with van der Waals surface area (Å²) in [6, 6.07) is 6.98. The number of anilines is 2. The van der Waals surface area contributed by atoms with Crippen molar-refractivity contribution in [1.29, 1.82) is 0 Å². The van der Waals surface area contributed by atoms with Crippen molar-refractivity contribution < 1.29 is 62.7 Å². The molecule has 0 aliphatic carbocycles. The maximum Gasteiger partial charge on any atom is 0.417 e. The number of carbonyl (C=O) groups is 4. The van der Waals surface area contributed by atoms with Crippen molar-refractivity contribution >= 4 is 62.7 Å². The number of nitro groups is 1. The van der Waals surface area contributed by atoms with Gasteiger partial charge in [-0.15, -0.1) is 0 Å². The highest BCUT2D eigenvalue weighted by molar-refractivity contribution is 8.77. The molecule has 0 bridgehead atoms. The van der Waals surface area contributed by atoms with E-state index in [0.717, 1.165) is 26.2 Å². The molecule has 2 aromatic carbocycles. The van der Waals surface area contributed by atoms with Crippen LogP contribution in [0.4, 0.5) is 26.7 Å². The second-order valence-electron chi connectivity index (χ2n) is 17.2. The lowest BCUT2D eigenvalue weighted by Gasteiger charge is -2.33. The summed E-state index contributed by atoms with van der Waals surface area (Å²) in [6.07, 6.45) is -2.62. The summed E-state index contributed by atoms with van der Waals surface area (Å²) >= 11 is 0. The average Bonchev–Trinajstić information content (AvgIpc) is 3.85. The van der Waals surface area contributed by atoms with E-state index in [1.165, 1.54) is 77.4 Å². The van der Waals surface area contributed by atoms with Gasteiger partial charge in [0.1, 0.15) is 12.2 Å². The summed E-state index contributed by atoms with van der Waals surface area (Å²) in [5, 5.41) is 34.7. The molecule has 7 rings (SSSR count). The second kappa shape index (κ2) is 19.9. The third-order valence-electron chi connectivity index (χ3n) is 11.1. The van der Waals surface area contributed by atoms with Gasteiger partial charge < -0.3 is 48.4 Å². The number of carbonyl (C=O) groups excluding carboxylic acids is 4. The predicted molar refractivity (Wildman–Crippen MR) is 247 cm³/mol. The summed E-state index contributed by atoms with van der Waals surface area (Å²) in [6.45, 7) is 15.1. The summed E-state index contributed by atoms with van der Waals surface area (Å²) in [7, 11) is 5.07. The number of rotatable bonds is 14. The smallest absolute Gasteiger partial charge is 0.417 e. The molecule has 0 spiro atoms. The van der Waals surface area contributed by atoms with Crippen molar-refractivity contribution in [2.75, 3.05) is 56.9 Å². The first-order chi connectivity index (χ1) is 31.8. The molecule has 0 radical (unpaired) electrons.